The summed E-state index contributed by atoms with van der Waals surface area (Å²) in [6.45, 7) is 4.85. The highest BCUT2D eigenvalue weighted by Crippen LogP contribution is 2.16. The van der Waals surface area contributed by atoms with E-state index >= 15 is 0 Å². The summed E-state index contributed by atoms with van der Waals surface area (Å²) in [5.74, 6) is -0.0931. The number of aliphatic hydroxyl groups is 2. The highest BCUT2D eigenvalue weighted by atomic mass is 16.5. The molecule has 61 heavy (non-hydrogen) atoms. The summed E-state index contributed by atoms with van der Waals surface area (Å²) in [6.07, 6.45) is 61.5. The summed E-state index contributed by atoms with van der Waals surface area (Å²) in [5.41, 5.74) is 0. The molecule has 0 aliphatic heterocycles. The lowest BCUT2D eigenvalue weighted by molar-refractivity contribution is -0.143. The van der Waals surface area contributed by atoms with Crippen LogP contribution in [0.2, 0.25) is 0 Å². The lowest BCUT2D eigenvalue weighted by Gasteiger charge is -2.20. The Bertz CT molecular complexity index is 993. The molecule has 6 nitrogen and oxygen atoms in total. The first-order chi connectivity index (χ1) is 30.0. The van der Waals surface area contributed by atoms with Crippen molar-refractivity contribution in [2.45, 2.75) is 289 Å². The number of carbonyl (C=O) groups is 2. The Kier molecular flexibility index (Phi) is 49.1. The van der Waals surface area contributed by atoms with E-state index < -0.39 is 12.1 Å². The largest absolute Gasteiger partial charge is 0.466 e. The monoisotopic (exact) mass is 858 g/mol. The molecule has 2 unspecified atom stereocenters. The minimum atomic E-state index is -0.850. The van der Waals surface area contributed by atoms with Crippen LogP contribution in [0.25, 0.3) is 0 Å². The molecular formula is C55H103NO5. The van der Waals surface area contributed by atoms with Crippen molar-refractivity contribution >= 4 is 11.9 Å². The van der Waals surface area contributed by atoms with Gasteiger partial charge in [-0.05, 0) is 64.2 Å². The Morgan fingerprint density at radius 2 is 0.803 bits per heavy atom. The maximum atomic E-state index is 12.4. The second-order valence-electron chi connectivity index (χ2n) is 18.2. The molecule has 0 heterocycles. The van der Waals surface area contributed by atoms with Crippen molar-refractivity contribution in [2.75, 3.05) is 13.2 Å². The van der Waals surface area contributed by atoms with Crippen molar-refractivity contribution in [3.05, 3.63) is 36.5 Å². The van der Waals surface area contributed by atoms with Gasteiger partial charge in [-0.1, -0.05) is 237 Å². The average Bonchev–Trinajstić information content (AvgIpc) is 3.26. The molecule has 0 radical (unpaired) electrons. The first-order valence-electron chi connectivity index (χ1n) is 26.8. The van der Waals surface area contributed by atoms with Crippen LogP contribution < -0.4 is 5.32 Å². The third-order valence-electron chi connectivity index (χ3n) is 12.2. The van der Waals surface area contributed by atoms with Crippen LogP contribution in [0.5, 0.6) is 0 Å². The zero-order valence-electron chi connectivity index (χ0n) is 40.6. The number of carbonyl (C=O) groups excluding carboxylic acids is 2. The molecule has 0 bridgehead atoms. The molecule has 0 saturated heterocycles. The molecule has 0 saturated carbocycles. The van der Waals surface area contributed by atoms with Crippen molar-refractivity contribution in [1.29, 1.82) is 0 Å². The summed E-state index contributed by atoms with van der Waals surface area (Å²) < 4.78 is 5.43. The number of hydrogen-bond donors (Lipinski definition) is 3. The molecule has 0 fully saturated rings. The Balaban J connectivity index is 3.52. The minimum absolute atomic E-state index is 0.0150. The highest BCUT2D eigenvalue weighted by molar-refractivity contribution is 5.76. The summed E-state index contributed by atoms with van der Waals surface area (Å²) in [7, 11) is 0. The number of amides is 1. The van der Waals surface area contributed by atoms with Crippen LogP contribution in [0, 0.1) is 0 Å². The van der Waals surface area contributed by atoms with Crippen LogP contribution in [0.15, 0.2) is 36.5 Å². The third-order valence-corrected chi connectivity index (χ3v) is 12.2. The van der Waals surface area contributed by atoms with Gasteiger partial charge in [-0.2, -0.15) is 0 Å². The first kappa shape index (κ1) is 59.1. The van der Waals surface area contributed by atoms with Crippen LogP contribution in [0.4, 0.5) is 0 Å². The molecule has 2 atom stereocenters. The number of nitrogens with one attached hydrogen (secondary N) is 1. The molecule has 0 aromatic heterocycles. The SMILES string of the molecule is CCCCCCCCCCCCCC/C=C/C(O)C(CO)NC(=O)CCCCCCCCCCCC/C=C\C=C/CCCCCOC(=O)CCCCCCCCCCCCC. The fraction of sp³-hybridized carbons (Fsp3) is 0.855. The highest BCUT2D eigenvalue weighted by Gasteiger charge is 2.18. The van der Waals surface area contributed by atoms with Crippen molar-refractivity contribution in [1.82, 2.24) is 5.32 Å². The van der Waals surface area contributed by atoms with Gasteiger partial charge in [0, 0.05) is 12.8 Å². The summed E-state index contributed by atoms with van der Waals surface area (Å²) in [5, 5.41) is 23.0. The molecule has 3 N–H and O–H groups in total. The molecular weight excluding hydrogens is 755 g/mol. The van der Waals surface area contributed by atoms with Gasteiger partial charge in [0.2, 0.25) is 5.91 Å². The smallest absolute Gasteiger partial charge is 0.305 e. The quantitative estimate of drug-likeness (QED) is 0.0245. The molecule has 0 aliphatic rings. The normalized spacial score (nSPS) is 12.9. The number of hydrogen-bond acceptors (Lipinski definition) is 5. The van der Waals surface area contributed by atoms with E-state index in [0.717, 1.165) is 77.0 Å². The molecule has 0 aliphatic carbocycles. The number of unbranched alkanes of at least 4 members (excludes halogenated alkanes) is 35. The van der Waals surface area contributed by atoms with E-state index in [1.165, 1.54) is 173 Å². The lowest BCUT2D eigenvalue weighted by Crippen LogP contribution is -2.45. The van der Waals surface area contributed by atoms with Gasteiger partial charge in [-0.25, -0.2) is 0 Å². The van der Waals surface area contributed by atoms with Gasteiger partial charge in [-0.3, -0.25) is 9.59 Å². The summed E-state index contributed by atoms with van der Waals surface area (Å²) in [4.78, 5) is 24.4. The summed E-state index contributed by atoms with van der Waals surface area (Å²) >= 11 is 0. The Morgan fingerprint density at radius 1 is 0.459 bits per heavy atom. The maximum absolute atomic E-state index is 12.4. The van der Waals surface area contributed by atoms with Crippen molar-refractivity contribution in [3.63, 3.8) is 0 Å². The van der Waals surface area contributed by atoms with Gasteiger partial charge in [0.05, 0.1) is 25.4 Å². The lowest BCUT2D eigenvalue weighted by atomic mass is 10.0. The molecule has 358 valence electrons. The van der Waals surface area contributed by atoms with Gasteiger partial charge in [0.1, 0.15) is 0 Å². The van der Waals surface area contributed by atoms with Crippen LogP contribution in [-0.4, -0.2) is 47.4 Å². The predicted octanol–water partition coefficient (Wildman–Crippen LogP) is 16.1. The zero-order chi connectivity index (χ0) is 44.4. The standard InChI is InChI=1S/C55H103NO5/c1-3-5-7-9-11-13-15-16-24-28-31-35-39-43-47-53(58)52(51-57)56-54(59)48-44-40-36-32-29-25-22-20-18-17-19-21-23-26-30-34-38-42-46-50-61-55(60)49-45-41-37-33-27-14-12-10-8-6-4-2/h21,23,26,30,43,47,52-53,57-58H,3-20,22,24-25,27-29,31-42,44-46,48-51H2,1-2H3,(H,56,59)/b23-21-,30-26-,47-43+. The van der Waals surface area contributed by atoms with Gasteiger partial charge < -0.3 is 20.3 Å². The van der Waals surface area contributed by atoms with E-state index in [1.54, 1.807) is 6.08 Å². The number of esters is 1. The van der Waals surface area contributed by atoms with Gasteiger partial charge >= 0.3 is 5.97 Å². The second kappa shape index (κ2) is 50.7. The number of ether oxygens (including phenoxy) is 1. The van der Waals surface area contributed by atoms with E-state index in [9.17, 15) is 19.8 Å². The van der Waals surface area contributed by atoms with E-state index in [-0.39, 0.29) is 18.5 Å². The third kappa shape index (κ3) is 47.4. The topological polar surface area (TPSA) is 95.9 Å². The van der Waals surface area contributed by atoms with Crippen LogP contribution in [0.3, 0.4) is 0 Å². The van der Waals surface area contributed by atoms with E-state index in [1.807, 2.05) is 6.08 Å². The average molecular weight is 858 g/mol. The van der Waals surface area contributed by atoms with Gasteiger partial charge in [0.15, 0.2) is 0 Å². The maximum Gasteiger partial charge on any atom is 0.305 e. The first-order valence-corrected chi connectivity index (χ1v) is 26.8. The van der Waals surface area contributed by atoms with Gasteiger partial charge in [0.25, 0.3) is 0 Å². The number of aliphatic hydroxyl groups excluding tert-OH is 2. The number of allylic oxidation sites excluding steroid dienone is 5. The molecule has 0 spiro atoms. The fourth-order valence-corrected chi connectivity index (χ4v) is 8.04. The molecule has 0 rings (SSSR count). The molecule has 1 amide bonds. The van der Waals surface area contributed by atoms with Crippen LogP contribution >= 0.6 is 0 Å². The Hall–Kier alpha value is -1.92. The zero-order valence-corrected chi connectivity index (χ0v) is 40.6. The van der Waals surface area contributed by atoms with E-state index in [0.29, 0.717) is 19.4 Å². The Morgan fingerprint density at radius 3 is 1.21 bits per heavy atom. The fourth-order valence-electron chi connectivity index (χ4n) is 8.04. The number of rotatable bonds is 49. The summed E-state index contributed by atoms with van der Waals surface area (Å²) in [6, 6.07) is -0.635. The molecule has 6 heteroatoms. The minimum Gasteiger partial charge on any atom is -0.466 e. The van der Waals surface area contributed by atoms with Crippen LogP contribution in [-0.2, 0) is 14.3 Å². The van der Waals surface area contributed by atoms with E-state index in [4.69, 9.17) is 4.74 Å². The van der Waals surface area contributed by atoms with Gasteiger partial charge in [-0.15, -0.1) is 0 Å². The molecule has 0 aromatic carbocycles. The Labute approximate surface area is 379 Å². The predicted molar refractivity (Wildman–Crippen MR) is 264 cm³/mol. The van der Waals surface area contributed by atoms with Crippen LogP contribution in [0.1, 0.15) is 277 Å². The van der Waals surface area contributed by atoms with Crippen molar-refractivity contribution in [2.24, 2.45) is 0 Å². The van der Waals surface area contributed by atoms with E-state index in [2.05, 4.69) is 43.5 Å². The van der Waals surface area contributed by atoms with Crippen molar-refractivity contribution in [3.8, 4) is 0 Å². The second-order valence-corrected chi connectivity index (χ2v) is 18.2. The van der Waals surface area contributed by atoms with Crippen molar-refractivity contribution < 1.29 is 24.5 Å². The molecule has 0 aromatic rings.